The third kappa shape index (κ3) is 1.55. The van der Waals surface area contributed by atoms with Gasteiger partial charge in [-0.25, -0.2) is 0 Å². The summed E-state index contributed by atoms with van der Waals surface area (Å²) in [5, 5.41) is 3.78. The Morgan fingerprint density at radius 1 is 1.33 bits per heavy atom. The zero-order valence-electron chi connectivity index (χ0n) is 11.5. The molecule has 0 aromatic heterocycles. The van der Waals surface area contributed by atoms with Crippen LogP contribution < -0.4 is 5.32 Å². The van der Waals surface area contributed by atoms with E-state index in [9.17, 15) is 0 Å². The second-order valence-corrected chi connectivity index (χ2v) is 5.91. The highest BCUT2D eigenvalue weighted by Gasteiger charge is 2.55. The number of hydrogen-bond donors (Lipinski definition) is 1. The summed E-state index contributed by atoms with van der Waals surface area (Å²) in [4.78, 5) is 0. The maximum absolute atomic E-state index is 5.83. The lowest BCUT2D eigenvalue weighted by molar-refractivity contribution is -0.0265. The average Bonchev–Trinajstić information content (AvgIpc) is 2.66. The number of benzene rings is 1. The van der Waals surface area contributed by atoms with Gasteiger partial charge in [0.15, 0.2) is 0 Å². The maximum Gasteiger partial charge on any atom is 0.0546 e. The average molecular weight is 245 g/mol. The predicted molar refractivity (Wildman–Crippen MR) is 73.7 cm³/mol. The van der Waals surface area contributed by atoms with Crippen molar-refractivity contribution in [2.45, 2.75) is 38.6 Å². The molecule has 98 valence electrons. The molecule has 2 aliphatic rings. The van der Waals surface area contributed by atoms with E-state index < -0.39 is 0 Å². The van der Waals surface area contributed by atoms with Gasteiger partial charge in [0.2, 0.25) is 0 Å². The fourth-order valence-electron chi connectivity index (χ4n) is 3.94. The van der Waals surface area contributed by atoms with Crippen molar-refractivity contribution in [1.29, 1.82) is 0 Å². The Labute approximate surface area is 110 Å². The van der Waals surface area contributed by atoms with Crippen LogP contribution in [0, 0.1) is 5.41 Å². The molecule has 0 unspecified atom stereocenters. The van der Waals surface area contributed by atoms with Gasteiger partial charge in [0, 0.05) is 17.6 Å². The smallest absolute Gasteiger partial charge is 0.0546 e. The molecule has 1 aromatic rings. The third-order valence-corrected chi connectivity index (χ3v) is 5.04. The van der Waals surface area contributed by atoms with Gasteiger partial charge in [-0.1, -0.05) is 24.3 Å². The van der Waals surface area contributed by atoms with E-state index in [1.165, 1.54) is 24.0 Å². The molecule has 0 saturated carbocycles. The molecule has 1 aliphatic heterocycles. The molecule has 1 saturated heterocycles. The Morgan fingerprint density at radius 3 is 3.00 bits per heavy atom. The fraction of sp³-hybridized carbons (Fsp3) is 0.625. The standard InChI is InChI=1S/C16H23NO/c1-3-18-12-16-9-6-10-17-15(16,2)14-8-5-4-7-13(14)11-16/h4-5,7-8,17H,3,6,9-12H2,1-2H3/t15-,16+/m0/s1. The Morgan fingerprint density at radius 2 is 2.17 bits per heavy atom. The first-order valence-corrected chi connectivity index (χ1v) is 7.13. The lowest BCUT2D eigenvalue weighted by Crippen LogP contribution is -2.57. The summed E-state index contributed by atoms with van der Waals surface area (Å²) < 4.78 is 5.83. The van der Waals surface area contributed by atoms with E-state index in [0.717, 1.165) is 26.2 Å². The van der Waals surface area contributed by atoms with Gasteiger partial charge in [0.25, 0.3) is 0 Å². The molecule has 2 nitrogen and oxygen atoms in total. The first kappa shape index (κ1) is 12.2. The zero-order valence-corrected chi connectivity index (χ0v) is 11.5. The fourth-order valence-corrected chi connectivity index (χ4v) is 3.94. The largest absolute Gasteiger partial charge is 0.381 e. The van der Waals surface area contributed by atoms with Crippen LogP contribution in [-0.2, 0) is 16.7 Å². The van der Waals surface area contributed by atoms with E-state index in [1.54, 1.807) is 0 Å². The summed E-state index contributed by atoms with van der Waals surface area (Å²) in [5.41, 5.74) is 3.35. The van der Waals surface area contributed by atoms with Crippen molar-refractivity contribution < 1.29 is 4.74 Å². The van der Waals surface area contributed by atoms with Gasteiger partial charge in [-0.15, -0.1) is 0 Å². The van der Waals surface area contributed by atoms with Crippen LogP contribution in [0.4, 0.5) is 0 Å². The van der Waals surface area contributed by atoms with Crippen LogP contribution >= 0.6 is 0 Å². The van der Waals surface area contributed by atoms with Gasteiger partial charge in [0.05, 0.1) is 6.61 Å². The highest BCUT2D eigenvalue weighted by atomic mass is 16.5. The number of piperidine rings is 1. The van der Waals surface area contributed by atoms with E-state index in [-0.39, 0.29) is 11.0 Å². The van der Waals surface area contributed by atoms with Crippen LogP contribution in [-0.4, -0.2) is 19.8 Å². The van der Waals surface area contributed by atoms with Crippen molar-refractivity contribution in [2.75, 3.05) is 19.8 Å². The highest BCUT2D eigenvalue weighted by molar-refractivity contribution is 5.43. The normalized spacial score (nSPS) is 34.1. The molecule has 2 atom stereocenters. The van der Waals surface area contributed by atoms with Gasteiger partial charge in [0.1, 0.15) is 0 Å². The number of hydrogen-bond acceptors (Lipinski definition) is 2. The molecule has 18 heavy (non-hydrogen) atoms. The summed E-state index contributed by atoms with van der Waals surface area (Å²) in [5.74, 6) is 0. The number of fused-ring (bicyclic) bond motifs is 3. The second-order valence-electron chi connectivity index (χ2n) is 5.91. The van der Waals surface area contributed by atoms with E-state index in [4.69, 9.17) is 4.74 Å². The van der Waals surface area contributed by atoms with Crippen molar-refractivity contribution in [3.8, 4) is 0 Å². The van der Waals surface area contributed by atoms with Crippen LogP contribution in [0.25, 0.3) is 0 Å². The van der Waals surface area contributed by atoms with E-state index in [0.29, 0.717) is 0 Å². The Hall–Kier alpha value is -0.860. The second kappa shape index (κ2) is 4.36. The molecule has 1 aromatic carbocycles. The lowest BCUT2D eigenvalue weighted by Gasteiger charge is -2.48. The number of nitrogens with one attached hydrogen (secondary N) is 1. The van der Waals surface area contributed by atoms with Crippen molar-refractivity contribution in [3.05, 3.63) is 35.4 Å². The molecule has 1 aliphatic carbocycles. The quantitative estimate of drug-likeness (QED) is 0.884. The third-order valence-electron chi connectivity index (χ3n) is 5.04. The van der Waals surface area contributed by atoms with E-state index in [1.807, 2.05) is 0 Å². The predicted octanol–water partition coefficient (Wildman–Crippen LogP) is 2.86. The zero-order chi connectivity index (χ0) is 12.6. The first-order valence-electron chi connectivity index (χ1n) is 7.13. The van der Waals surface area contributed by atoms with Crippen LogP contribution in [0.3, 0.4) is 0 Å². The summed E-state index contributed by atoms with van der Waals surface area (Å²) in [7, 11) is 0. The minimum atomic E-state index is 0.0943. The maximum atomic E-state index is 5.83. The molecule has 1 N–H and O–H groups in total. The molecule has 3 rings (SSSR count). The summed E-state index contributed by atoms with van der Waals surface area (Å²) in [6.07, 6.45) is 3.69. The molecule has 1 heterocycles. The van der Waals surface area contributed by atoms with Crippen LogP contribution in [0.2, 0.25) is 0 Å². The van der Waals surface area contributed by atoms with Crippen molar-refractivity contribution >= 4 is 0 Å². The van der Waals surface area contributed by atoms with Crippen LogP contribution in [0.1, 0.15) is 37.8 Å². The van der Waals surface area contributed by atoms with Crippen molar-refractivity contribution in [2.24, 2.45) is 5.41 Å². The molecule has 2 heteroatoms. The molecule has 0 spiro atoms. The number of rotatable bonds is 3. The Bertz CT molecular complexity index is 444. The SMILES string of the molecule is CCOC[C@]12CCCN[C@@]1(C)c1ccccc1C2. The minimum Gasteiger partial charge on any atom is -0.381 e. The monoisotopic (exact) mass is 245 g/mol. The van der Waals surface area contributed by atoms with Gasteiger partial charge in [-0.3, -0.25) is 0 Å². The highest BCUT2D eigenvalue weighted by Crippen LogP contribution is 2.54. The molecule has 0 radical (unpaired) electrons. The Kier molecular flexibility index (Phi) is 2.95. The van der Waals surface area contributed by atoms with Gasteiger partial charge < -0.3 is 10.1 Å². The molecular weight excluding hydrogens is 222 g/mol. The number of ether oxygens (including phenoxy) is 1. The van der Waals surface area contributed by atoms with Crippen LogP contribution in [0.5, 0.6) is 0 Å². The molecular formula is C16H23NO. The Balaban J connectivity index is 2.03. The van der Waals surface area contributed by atoms with Crippen LogP contribution in [0.15, 0.2) is 24.3 Å². The summed E-state index contributed by atoms with van der Waals surface area (Å²) in [6.45, 7) is 7.28. The molecule has 0 bridgehead atoms. The van der Waals surface area contributed by atoms with E-state index >= 15 is 0 Å². The van der Waals surface area contributed by atoms with Crippen molar-refractivity contribution in [3.63, 3.8) is 0 Å². The van der Waals surface area contributed by atoms with E-state index in [2.05, 4.69) is 43.4 Å². The summed E-state index contributed by atoms with van der Waals surface area (Å²) in [6, 6.07) is 8.90. The van der Waals surface area contributed by atoms with Gasteiger partial charge >= 0.3 is 0 Å². The molecule has 1 fully saturated rings. The van der Waals surface area contributed by atoms with Crippen molar-refractivity contribution in [1.82, 2.24) is 5.32 Å². The van der Waals surface area contributed by atoms with Gasteiger partial charge in [-0.05, 0) is 50.8 Å². The first-order chi connectivity index (χ1) is 8.72. The van der Waals surface area contributed by atoms with Gasteiger partial charge in [-0.2, -0.15) is 0 Å². The summed E-state index contributed by atoms with van der Waals surface area (Å²) >= 11 is 0. The topological polar surface area (TPSA) is 21.3 Å². The minimum absolute atomic E-state index is 0.0943. The molecule has 0 amide bonds. The lowest BCUT2D eigenvalue weighted by atomic mass is 9.66.